The van der Waals surface area contributed by atoms with Crippen LogP contribution in [0.3, 0.4) is 0 Å². The van der Waals surface area contributed by atoms with Crippen LogP contribution in [0.1, 0.15) is 5.56 Å². The van der Waals surface area contributed by atoms with Crippen molar-refractivity contribution in [1.82, 2.24) is 19.9 Å². The van der Waals surface area contributed by atoms with Crippen molar-refractivity contribution < 1.29 is 13.2 Å². The summed E-state index contributed by atoms with van der Waals surface area (Å²) >= 11 is 0. The Bertz CT molecular complexity index is 484. The fourth-order valence-corrected chi connectivity index (χ4v) is 1.19. The Balaban J connectivity index is 2.58. The topological polar surface area (TPSA) is 51.6 Å². The van der Waals surface area contributed by atoms with Crippen LogP contribution in [-0.2, 0) is 6.18 Å². The minimum atomic E-state index is -4.48. The van der Waals surface area contributed by atoms with Crippen LogP contribution in [0, 0.1) is 0 Å². The van der Waals surface area contributed by atoms with Gasteiger partial charge in [-0.05, 0) is 6.07 Å². The fraction of sp³-hybridized carbons (Fsp3) is 0.111. The van der Waals surface area contributed by atoms with Gasteiger partial charge in [0, 0.05) is 18.0 Å². The summed E-state index contributed by atoms with van der Waals surface area (Å²) in [7, 11) is 0. The maximum Gasteiger partial charge on any atom is 0.418 e. The van der Waals surface area contributed by atoms with Crippen molar-refractivity contribution in [2.45, 2.75) is 6.18 Å². The summed E-state index contributed by atoms with van der Waals surface area (Å²) in [6.07, 6.45) is -0.185. The fourth-order valence-electron chi connectivity index (χ4n) is 1.19. The molecular formula is C9H5F3N4. The zero-order valence-corrected chi connectivity index (χ0v) is 7.81. The lowest BCUT2D eigenvalue weighted by Gasteiger charge is -2.10. The summed E-state index contributed by atoms with van der Waals surface area (Å²) in [6, 6.07) is 1.22. The molecule has 0 saturated carbocycles. The van der Waals surface area contributed by atoms with Crippen molar-refractivity contribution in [3.8, 4) is 11.4 Å². The van der Waals surface area contributed by atoms with Gasteiger partial charge in [-0.15, -0.1) is 0 Å². The van der Waals surface area contributed by atoms with E-state index in [1.165, 1.54) is 12.3 Å². The highest BCUT2D eigenvalue weighted by Gasteiger charge is 2.34. The molecule has 7 heteroatoms. The molecule has 4 nitrogen and oxygen atoms in total. The van der Waals surface area contributed by atoms with Gasteiger partial charge >= 0.3 is 6.18 Å². The van der Waals surface area contributed by atoms with Gasteiger partial charge in [0.1, 0.15) is 12.7 Å². The molecule has 2 rings (SSSR count). The molecule has 0 radical (unpaired) electrons. The van der Waals surface area contributed by atoms with Crippen molar-refractivity contribution in [3.63, 3.8) is 0 Å². The molecule has 0 N–H and O–H groups in total. The highest BCUT2D eigenvalue weighted by atomic mass is 19.4. The second-order valence-corrected chi connectivity index (χ2v) is 2.88. The molecule has 0 amide bonds. The molecule has 82 valence electrons. The monoisotopic (exact) mass is 226 g/mol. The van der Waals surface area contributed by atoms with Crippen molar-refractivity contribution in [1.29, 1.82) is 0 Å². The summed E-state index contributed by atoms with van der Waals surface area (Å²) < 4.78 is 37.9. The average Bonchev–Trinajstić information content (AvgIpc) is 2.29. The van der Waals surface area contributed by atoms with Crippen LogP contribution >= 0.6 is 0 Å². The predicted octanol–water partition coefficient (Wildman–Crippen LogP) is 1.95. The molecule has 0 spiro atoms. The van der Waals surface area contributed by atoms with Crippen molar-refractivity contribution in [2.75, 3.05) is 0 Å². The van der Waals surface area contributed by atoms with Crippen LogP contribution < -0.4 is 0 Å². The molecule has 16 heavy (non-hydrogen) atoms. The van der Waals surface area contributed by atoms with Gasteiger partial charge in [0.05, 0.1) is 5.56 Å². The summed E-state index contributed by atoms with van der Waals surface area (Å²) in [5.41, 5.74) is -0.967. The number of halogens is 3. The minimum Gasteiger partial charge on any atom is -0.264 e. The number of hydrogen-bond acceptors (Lipinski definition) is 4. The van der Waals surface area contributed by atoms with Gasteiger partial charge in [0.25, 0.3) is 0 Å². The van der Waals surface area contributed by atoms with Crippen molar-refractivity contribution >= 4 is 0 Å². The van der Waals surface area contributed by atoms with E-state index in [0.717, 1.165) is 18.9 Å². The number of alkyl halides is 3. The first-order valence-electron chi connectivity index (χ1n) is 4.22. The lowest BCUT2D eigenvalue weighted by molar-refractivity contribution is -0.137. The van der Waals surface area contributed by atoms with Crippen LogP contribution in [0.4, 0.5) is 13.2 Å². The molecule has 0 fully saturated rings. The van der Waals surface area contributed by atoms with Gasteiger partial charge in [-0.3, -0.25) is 4.98 Å². The Kier molecular flexibility index (Phi) is 2.51. The van der Waals surface area contributed by atoms with Crippen LogP contribution in [0.15, 0.2) is 31.1 Å². The molecule has 0 aliphatic rings. The number of pyridine rings is 1. The van der Waals surface area contributed by atoms with E-state index >= 15 is 0 Å². The zero-order valence-electron chi connectivity index (χ0n) is 7.81. The molecule has 2 heterocycles. The standard InChI is InChI=1S/C9H5F3N4/c10-9(11,12)7-3-13-2-1-6(7)8-15-4-14-5-16-8/h1-5H. The molecule has 0 aliphatic heterocycles. The second kappa shape index (κ2) is 3.84. The molecule has 0 atom stereocenters. The van der Waals surface area contributed by atoms with Gasteiger partial charge in [-0.25, -0.2) is 15.0 Å². The zero-order chi connectivity index (χ0) is 11.6. The van der Waals surface area contributed by atoms with E-state index in [1.807, 2.05) is 0 Å². The first kappa shape index (κ1) is 10.5. The Morgan fingerprint density at radius 3 is 2.31 bits per heavy atom. The normalized spacial score (nSPS) is 11.4. The SMILES string of the molecule is FC(F)(F)c1cnccc1-c1ncncn1. The molecule has 0 saturated heterocycles. The van der Waals surface area contributed by atoms with Crippen LogP contribution in [0.25, 0.3) is 11.4 Å². The van der Waals surface area contributed by atoms with Crippen LogP contribution in [0.2, 0.25) is 0 Å². The number of rotatable bonds is 1. The number of aromatic nitrogens is 4. The van der Waals surface area contributed by atoms with E-state index in [9.17, 15) is 13.2 Å². The molecular weight excluding hydrogens is 221 g/mol. The Morgan fingerprint density at radius 2 is 1.69 bits per heavy atom. The maximum atomic E-state index is 12.6. The van der Waals surface area contributed by atoms with Crippen molar-refractivity contribution in [2.24, 2.45) is 0 Å². The van der Waals surface area contributed by atoms with E-state index in [4.69, 9.17) is 0 Å². The molecule has 0 unspecified atom stereocenters. The quantitative estimate of drug-likeness (QED) is 0.745. The molecule has 2 aromatic rings. The highest BCUT2D eigenvalue weighted by molar-refractivity contribution is 5.59. The van der Waals surface area contributed by atoms with E-state index in [1.54, 1.807) is 0 Å². The third kappa shape index (κ3) is 1.97. The largest absolute Gasteiger partial charge is 0.418 e. The lowest BCUT2D eigenvalue weighted by Crippen LogP contribution is -2.08. The summed E-state index contributed by atoms with van der Waals surface area (Å²) in [5, 5.41) is 0. The minimum absolute atomic E-state index is 0.0234. The molecule has 0 bridgehead atoms. The third-order valence-corrected chi connectivity index (χ3v) is 1.86. The number of nitrogens with zero attached hydrogens (tertiary/aromatic N) is 4. The summed E-state index contributed by atoms with van der Waals surface area (Å²) in [5.74, 6) is -0.0234. The Morgan fingerprint density at radius 1 is 1.00 bits per heavy atom. The van der Waals surface area contributed by atoms with Gasteiger partial charge in [-0.1, -0.05) is 0 Å². The average molecular weight is 226 g/mol. The summed E-state index contributed by atoms with van der Waals surface area (Å²) in [4.78, 5) is 14.3. The van der Waals surface area contributed by atoms with Gasteiger partial charge in [0.2, 0.25) is 0 Å². The van der Waals surface area contributed by atoms with E-state index < -0.39 is 11.7 Å². The van der Waals surface area contributed by atoms with E-state index in [2.05, 4.69) is 19.9 Å². The Labute approximate surface area is 88.2 Å². The smallest absolute Gasteiger partial charge is 0.264 e. The lowest BCUT2D eigenvalue weighted by atomic mass is 10.1. The van der Waals surface area contributed by atoms with E-state index in [0.29, 0.717) is 0 Å². The van der Waals surface area contributed by atoms with Crippen LogP contribution in [-0.4, -0.2) is 19.9 Å². The predicted molar refractivity (Wildman–Crippen MR) is 48.1 cm³/mol. The second-order valence-electron chi connectivity index (χ2n) is 2.88. The number of hydrogen-bond donors (Lipinski definition) is 0. The van der Waals surface area contributed by atoms with Gasteiger partial charge in [0.15, 0.2) is 5.82 Å². The third-order valence-electron chi connectivity index (χ3n) is 1.86. The first-order valence-corrected chi connectivity index (χ1v) is 4.22. The summed E-state index contributed by atoms with van der Waals surface area (Å²) in [6.45, 7) is 0. The molecule has 0 aliphatic carbocycles. The maximum absolute atomic E-state index is 12.6. The first-order chi connectivity index (χ1) is 7.59. The van der Waals surface area contributed by atoms with Crippen LogP contribution in [0.5, 0.6) is 0 Å². The van der Waals surface area contributed by atoms with E-state index in [-0.39, 0.29) is 11.4 Å². The molecule has 2 aromatic heterocycles. The van der Waals surface area contributed by atoms with Gasteiger partial charge < -0.3 is 0 Å². The highest BCUT2D eigenvalue weighted by Crippen LogP contribution is 2.34. The van der Waals surface area contributed by atoms with Crippen molar-refractivity contribution in [3.05, 3.63) is 36.7 Å². The Hall–Kier alpha value is -2.05. The van der Waals surface area contributed by atoms with Gasteiger partial charge in [-0.2, -0.15) is 13.2 Å². The molecule has 0 aromatic carbocycles.